The van der Waals surface area contributed by atoms with Crippen LogP contribution in [0.15, 0.2) is 48.5 Å². The molecule has 2 aromatic carbocycles. The summed E-state index contributed by atoms with van der Waals surface area (Å²) in [4.78, 5) is 0. The number of aliphatic hydroxyl groups excluding tert-OH is 1. The fraction of sp³-hybridized carbons (Fsp3) is 0.333. The molecular weight excluding hydrogens is 264 g/mol. The van der Waals surface area contributed by atoms with Gasteiger partial charge in [-0.15, -0.1) is 0 Å². The van der Waals surface area contributed by atoms with Crippen LogP contribution >= 0.6 is 0 Å². The van der Waals surface area contributed by atoms with Gasteiger partial charge in [0.2, 0.25) is 0 Å². The van der Waals surface area contributed by atoms with E-state index in [0.29, 0.717) is 0 Å². The van der Waals surface area contributed by atoms with Gasteiger partial charge in [-0.1, -0.05) is 30.3 Å². The largest absolute Gasteiger partial charge is 0.497 e. The molecule has 0 aliphatic heterocycles. The summed E-state index contributed by atoms with van der Waals surface area (Å²) < 4.78 is 11.2. The summed E-state index contributed by atoms with van der Waals surface area (Å²) in [6.07, 6.45) is 2.04. The minimum absolute atomic E-state index is 0.222. The fourth-order valence-corrected chi connectivity index (χ4v) is 2.87. The normalized spacial score (nSPS) is 21.2. The molecule has 0 heterocycles. The lowest BCUT2D eigenvalue weighted by Gasteiger charge is -2.23. The average molecular weight is 284 g/mol. The van der Waals surface area contributed by atoms with Crippen LogP contribution in [0.3, 0.4) is 0 Å². The van der Waals surface area contributed by atoms with Crippen LogP contribution in [0.5, 0.6) is 11.5 Å². The van der Waals surface area contributed by atoms with Gasteiger partial charge in [0.25, 0.3) is 0 Å². The lowest BCUT2D eigenvalue weighted by molar-refractivity contribution is 0.0320. The molecule has 3 rings (SSSR count). The topological polar surface area (TPSA) is 38.7 Å². The van der Waals surface area contributed by atoms with Gasteiger partial charge in [0.15, 0.2) is 0 Å². The second kappa shape index (κ2) is 6.19. The van der Waals surface area contributed by atoms with Crippen LogP contribution in [0.1, 0.15) is 30.1 Å². The van der Waals surface area contributed by atoms with Crippen molar-refractivity contribution in [2.75, 3.05) is 7.11 Å². The van der Waals surface area contributed by atoms with Crippen LogP contribution in [-0.4, -0.2) is 18.3 Å². The molecule has 0 aromatic heterocycles. The highest BCUT2D eigenvalue weighted by molar-refractivity contribution is 5.34. The van der Waals surface area contributed by atoms with Crippen molar-refractivity contribution in [2.45, 2.75) is 31.5 Å². The molecule has 2 aromatic rings. The average Bonchev–Trinajstić information content (AvgIpc) is 2.68. The van der Waals surface area contributed by atoms with E-state index in [0.717, 1.165) is 36.3 Å². The molecule has 2 atom stereocenters. The molecule has 0 spiro atoms. The predicted octanol–water partition coefficient (Wildman–Crippen LogP) is 3.51. The molecule has 3 heteroatoms. The summed E-state index contributed by atoms with van der Waals surface area (Å²) in [6.45, 7) is 0. The molecule has 0 bridgehead atoms. The van der Waals surface area contributed by atoms with Crippen LogP contribution in [0.2, 0.25) is 0 Å². The first kappa shape index (κ1) is 14.0. The Labute approximate surface area is 125 Å². The fourth-order valence-electron chi connectivity index (χ4n) is 2.87. The number of methoxy groups -OCH3 is 1. The summed E-state index contributed by atoms with van der Waals surface area (Å²) in [6, 6.07) is 15.6. The third kappa shape index (κ3) is 3.03. The van der Waals surface area contributed by atoms with E-state index in [9.17, 15) is 5.11 Å². The van der Waals surface area contributed by atoms with Crippen molar-refractivity contribution in [1.82, 2.24) is 0 Å². The number of fused-ring (bicyclic) bond motifs is 1. The van der Waals surface area contributed by atoms with E-state index in [1.807, 2.05) is 42.5 Å². The monoisotopic (exact) mass is 284 g/mol. The molecule has 2 unspecified atom stereocenters. The predicted molar refractivity (Wildman–Crippen MR) is 81.7 cm³/mol. The molecule has 0 saturated heterocycles. The van der Waals surface area contributed by atoms with E-state index in [1.165, 1.54) is 5.56 Å². The van der Waals surface area contributed by atoms with Crippen molar-refractivity contribution < 1.29 is 14.6 Å². The van der Waals surface area contributed by atoms with Crippen molar-refractivity contribution in [1.29, 1.82) is 0 Å². The van der Waals surface area contributed by atoms with Gasteiger partial charge in [-0.2, -0.15) is 0 Å². The van der Waals surface area contributed by atoms with Crippen molar-refractivity contribution >= 4 is 0 Å². The zero-order valence-corrected chi connectivity index (χ0v) is 12.2. The Morgan fingerprint density at radius 3 is 2.71 bits per heavy atom. The molecule has 3 nitrogen and oxygen atoms in total. The van der Waals surface area contributed by atoms with E-state index >= 15 is 0 Å². The lowest BCUT2D eigenvalue weighted by atomic mass is 10.0. The first-order valence-electron chi connectivity index (χ1n) is 7.34. The highest BCUT2D eigenvalue weighted by Gasteiger charge is 2.27. The summed E-state index contributed by atoms with van der Waals surface area (Å²) in [7, 11) is 1.63. The number of rotatable bonds is 3. The van der Waals surface area contributed by atoms with Gasteiger partial charge < -0.3 is 14.6 Å². The number of benzene rings is 2. The Balaban J connectivity index is 1.82. The minimum atomic E-state index is -0.588. The molecule has 110 valence electrons. The smallest absolute Gasteiger partial charge is 0.129 e. The molecule has 0 fully saturated rings. The van der Waals surface area contributed by atoms with E-state index in [2.05, 4.69) is 6.07 Å². The Morgan fingerprint density at radius 1 is 1.05 bits per heavy atom. The maximum absolute atomic E-state index is 10.6. The van der Waals surface area contributed by atoms with Crippen molar-refractivity contribution in [2.24, 2.45) is 0 Å². The van der Waals surface area contributed by atoms with Crippen LogP contribution in [0.25, 0.3) is 0 Å². The van der Waals surface area contributed by atoms with Gasteiger partial charge in [-0.05, 0) is 42.5 Å². The van der Waals surface area contributed by atoms with E-state index in [4.69, 9.17) is 9.47 Å². The van der Waals surface area contributed by atoms with E-state index in [-0.39, 0.29) is 6.10 Å². The van der Waals surface area contributed by atoms with Crippen LogP contribution < -0.4 is 9.47 Å². The highest BCUT2D eigenvalue weighted by atomic mass is 16.5. The van der Waals surface area contributed by atoms with Gasteiger partial charge in [-0.3, -0.25) is 0 Å². The number of aliphatic hydroxyl groups is 1. The van der Waals surface area contributed by atoms with Gasteiger partial charge in [-0.25, -0.2) is 0 Å². The van der Waals surface area contributed by atoms with Gasteiger partial charge in [0, 0.05) is 6.07 Å². The van der Waals surface area contributed by atoms with Crippen molar-refractivity contribution in [3.63, 3.8) is 0 Å². The Bertz CT molecular complexity index is 609. The molecule has 1 aliphatic carbocycles. The number of aryl methyl sites for hydroxylation is 1. The summed E-state index contributed by atoms with van der Waals surface area (Å²) in [5, 5.41) is 10.6. The second-order valence-electron chi connectivity index (χ2n) is 5.37. The second-order valence-corrected chi connectivity index (χ2v) is 5.37. The number of hydrogen-bond acceptors (Lipinski definition) is 3. The molecule has 1 N–H and O–H groups in total. The van der Waals surface area contributed by atoms with Gasteiger partial charge >= 0.3 is 0 Å². The maximum Gasteiger partial charge on any atom is 0.129 e. The molecule has 1 aliphatic rings. The summed E-state index contributed by atoms with van der Waals surface area (Å²) in [5.74, 6) is 1.49. The van der Waals surface area contributed by atoms with E-state index < -0.39 is 6.10 Å². The molecule has 0 radical (unpaired) electrons. The van der Waals surface area contributed by atoms with Crippen LogP contribution in [0, 0.1) is 0 Å². The molecule has 0 amide bonds. The molecular formula is C18H20O3. The van der Waals surface area contributed by atoms with Gasteiger partial charge in [0.05, 0.1) is 7.11 Å². The van der Waals surface area contributed by atoms with Crippen molar-refractivity contribution in [3.8, 4) is 11.5 Å². The third-order valence-electron chi connectivity index (χ3n) is 3.99. The highest BCUT2D eigenvalue weighted by Crippen LogP contribution is 2.32. The Morgan fingerprint density at radius 2 is 1.86 bits per heavy atom. The number of ether oxygens (including phenoxy) is 2. The van der Waals surface area contributed by atoms with Crippen LogP contribution in [-0.2, 0) is 6.42 Å². The summed E-state index contributed by atoms with van der Waals surface area (Å²) in [5.41, 5.74) is 2.21. The van der Waals surface area contributed by atoms with Gasteiger partial charge in [0.1, 0.15) is 23.7 Å². The number of hydrogen-bond donors (Lipinski definition) is 1. The minimum Gasteiger partial charge on any atom is -0.497 e. The first-order chi connectivity index (χ1) is 10.3. The molecule has 21 heavy (non-hydrogen) atoms. The first-order valence-corrected chi connectivity index (χ1v) is 7.34. The standard InChI is InChI=1S/C18H20O3/c1-20-14-8-5-9-15(12-14)21-17-11-4-7-13-6-2-3-10-16(13)18(17)19/h2-3,5-6,8-10,12,17-19H,4,7,11H2,1H3. The van der Waals surface area contributed by atoms with Crippen molar-refractivity contribution in [3.05, 3.63) is 59.7 Å². The Hall–Kier alpha value is -2.00. The molecule has 0 saturated carbocycles. The summed E-state index contributed by atoms with van der Waals surface area (Å²) >= 11 is 0. The lowest BCUT2D eigenvalue weighted by Crippen LogP contribution is -2.24. The zero-order valence-electron chi connectivity index (χ0n) is 12.2. The SMILES string of the molecule is COc1cccc(OC2CCCc3ccccc3C2O)c1. The quantitative estimate of drug-likeness (QED) is 0.877. The maximum atomic E-state index is 10.6. The zero-order chi connectivity index (χ0) is 14.7. The third-order valence-corrected chi connectivity index (χ3v) is 3.99. The van der Waals surface area contributed by atoms with E-state index in [1.54, 1.807) is 7.11 Å². The Kier molecular flexibility index (Phi) is 4.11. The van der Waals surface area contributed by atoms with Crippen LogP contribution in [0.4, 0.5) is 0 Å².